The zero-order chi connectivity index (χ0) is 19.9. The highest BCUT2D eigenvalue weighted by atomic mass is 32.3. The molecule has 0 radical (unpaired) electrons. The van der Waals surface area contributed by atoms with Crippen molar-refractivity contribution in [2.75, 3.05) is 0 Å². The molecule has 156 valence electrons. The normalized spacial score (nSPS) is 12.5. The van der Waals surface area contributed by atoms with Crippen LogP contribution in [0.15, 0.2) is 0 Å². The first kappa shape index (κ1) is 25.5. The van der Waals surface area contributed by atoms with Crippen molar-refractivity contribution < 1.29 is 21.9 Å². The van der Waals surface area contributed by atoms with E-state index in [1.54, 1.807) is 0 Å². The van der Waals surface area contributed by atoms with Gasteiger partial charge in [-0.3, -0.25) is 9.35 Å². The molecule has 6 heteroatoms. The molecule has 0 aliphatic carbocycles. The SMILES string of the molecule is CCCCCCCCCCCCCCCC(=O)CC(C)(C)OS(=O)(=O)O. The summed E-state index contributed by atoms with van der Waals surface area (Å²) in [5.74, 6) is -0.0262. The van der Waals surface area contributed by atoms with Gasteiger partial charge < -0.3 is 0 Å². The number of ketones is 1. The molecule has 0 fully saturated rings. The van der Waals surface area contributed by atoms with E-state index in [-0.39, 0.29) is 12.2 Å². The minimum Gasteiger partial charge on any atom is -0.300 e. The molecular weight excluding hydrogens is 352 g/mol. The molecule has 0 heterocycles. The van der Waals surface area contributed by atoms with Crippen LogP contribution in [-0.4, -0.2) is 24.4 Å². The van der Waals surface area contributed by atoms with Crippen molar-refractivity contribution in [2.24, 2.45) is 0 Å². The highest BCUT2D eigenvalue weighted by Gasteiger charge is 2.28. The third kappa shape index (κ3) is 18.3. The zero-order valence-corrected chi connectivity index (χ0v) is 17.9. The topological polar surface area (TPSA) is 80.7 Å². The van der Waals surface area contributed by atoms with E-state index in [0.717, 1.165) is 19.3 Å². The van der Waals surface area contributed by atoms with Gasteiger partial charge in [0.15, 0.2) is 0 Å². The van der Waals surface area contributed by atoms with E-state index in [9.17, 15) is 13.2 Å². The van der Waals surface area contributed by atoms with Crippen molar-refractivity contribution in [1.29, 1.82) is 0 Å². The van der Waals surface area contributed by atoms with Gasteiger partial charge in [0, 0.05) is 12.8 Å². The first-order valence-electron chi connectivity index (χ1n) is 10.4. The van der Waals surface area contributed by atoms with E-state index < -0.39 is 16.0 Å². The van der Waals surface area contributed by atoms with Gasteiger partial charge in [-0.15, -0.1) is 0 Å². The van der Waals surface area contributed by atoms with E-state index in [4.69, 9.17) is 4.55 Å². The van der Waals surface area contributed by atoms with Gasteiger partial charge >= 0.3 is 10.4 Å². The molecular formula is C20H40O5S. The van der Waals surface area contributed by atoms with Crippen LogP contribution in [0.5, 0.6) is 0 Å². The number of carbonyl (C=O) groups is 1. The fraction of sp³-hybridized carbons (Fsp3) is 0.950. The Morgan fingerprint density at radius 1 is 0.808 bits per heavy atom. The summed E-state index contributed by atoms with van der Waals surface area (Å²) in [6.45, 7) is 5.22. The summed E-state index contributed by atoms with van der Waals surface area (Å²) in [4.78, 5) is 11.9. The molecule has 0 aromatic rings. The van der Waals surface area contributed by atoms with Gasteiger partial charge in [0.1, 0.15) is 5.78 Å². The molecule has 0 atom stereocenters. The Labute approximate surface area is 161 Å². The molecule has 0 aliphatic heterocycles. The minimum atomic E-state index is -4.53. The second-order valence-corrected chi connectivity index (χ2v) is 9.00. The van der Waals surface area contributed by atoms with Crippen molar-refractivity contribution in [3.8, 4) is 0 Å². The molecule has 0 amide bonds. The minimum absolute atomic E-state index is 0.00888. The molecule has 0 unspecified atom stereocenters. The lowest BCUT2D eigenvalue weighted by Crippen LogP contribution is -2.30. The van der Waals surface area contributed by atoms with Gasteiger partial charge in [0.05, 0.1) is 5.60 Å². The molecule has 0 rings (SSSR count). The van der Waals surface area contributed by atoms with E-state index >= 15 is 0 Å². The maximum absolute atomic E-state index is 11.9. The highest BCUT2D eigenvalue weighted by Crippen LogP contribution is 2.19. The Morgan fingerprint density at radius 3 is 1.58 bits per heavy atom. The molecule has 0 bridgehead atoms. The lowest BCUT2D eigenvalue weighted by molar-refractivity contribution is -0.122. The second-order valence-electron chi connectivity index (χ2n) is 7.98. The fourth-order valence-electron chi connectivity index (χ4n) is 3.22. The van der Waals surface area contributed by atoms with E-state index in [1.165, 1.54) is 78.1 Å². The van der Waals surface area contributed by atoms with Crippen molar-refractivity contribution in [3.63, 3.8) is 0 Å². The predicted octanol–water partition coefficient (Wildman–Crippen LogP) is 6.02. The van der Waals surface area contributed by atoms with Crippen LogP contribution in [0.4, 0.5) is 0 Å². The summed E-state index contributed by atoms with van der Waals surface area (Å²) in [5, 5.41) is 0. The van der Waals surface area contributed by atoms with Crippen LogP contribution in [0.2, 0.25) is 0 Å². The van der Waals surface area contributed by atoms with Gasteiger partial charge in [-0.2, -0.15) is 8.42 Å². The predicted molar refractivity (Wildman–Crippen MR) is 107 cm³/mol. The summed E-state index contributed by atoms with van der Waals surface area (Å²) in [5.41, 5.74) is -1.19. The molecule has 5 nitrogen and oxygen atoms in total. The maximum Gasteiger partial charge on any atom is 0.397 e. The van der Waals surface area contributed by atoms with Gasteiger partial charge in [0.2, 0.25) is 0 Å². The molecule has 0 aromatic carbocycles. The number of rotatable bonds is 18. The Hall–Kier alpha value is -0.460. The lowest BCUT2D eigenvalue weighted by atomic mass is 9.98. The molecule has 0 spiro atoms. The molecule has 0 aliphatic rings. The van der Waals surface area contributed by atoms with Crippen molar-refractivity contribution >= 4 is 16.2 Å². The molecule has 0 saturated heterocycles. The van der Waals surface area contributed by atoms with Crippen LogP contribution in [0.1, 0.15) is 117 Å². The Bertz CT molecular complexity index is 457. The quantitative estimate of drug-likeness (QED) is 0.228. The van der Waals surface area contributed by atoms with Gasteiger partial charge in [-0.1, -0.05) is 84.0 Å². The number of hydrogen-bond acceptors (Lipinski definition) is 4. The first-order valence-corrected chi connectivity index (χ1v) is 11.7. The molecule has 0 saturated carbocycles. The Morgan fingerprint density at radius 2 is 1.19 bits per heavy atom. The number of unbranched alkanes of at least 4 members (excludes halogenated alkanes) is 12. The number of Topliss-reactive ketones (excluding diaryl/α,β-unsaturated/α-hetero) is 1. The number of hydrogen-bond donors (Lipinski definition) is 1. The maximum atomic E-state index is 11.9. The molecule has 26 heavy (non-hydrogen) atoms. The zero-order valence-electron chi connectivity index (χ0n) is 17.1. The Kier molecular flexibility index (Phi) is 14.3. The van der Waals surface area contributed by atoms with Crippen LogP contribution < -0.4 is 0 Å². The van der Waals surface area contributed by atoms with Crippen LogP contribution in [0.25, 0.3) is 0 Å². The summed E-state index contributed by atoms with van der Waals surface area (Å²) in [6.07, 6.45) is 16.8. The second kappa shape index (κ2) is 14.6. The van der Waals surface area contributed by atoms with Crippen LogP contribution in [-0.2, 0) is 19.4 Å². The van der Waals surface area contributed by atoms with Gasteiger partial charge in [0.25, 0.3) is 0 Å². The fourth-order valence-corrected chi connectivity index (χ4v) is 3.85. The average Bonchev–Trinajstić information content (AvgIpc) is 2.48. The van der Waals surface area contributed by atoms with Crippen molar-refractivity contribution in [1.82, 2.24) is 0 Å². The highest BCUT2D eigenvalue weighted by molar-refractivity contribution is 7.80. The van der Waals surface area contributed by atoms with Crippen molar-refractivity contribution in [3.05, 3.63) is 0 Å². The third-order valence-electron chi connectivity index (χ3n) is 4.51. The third-order valence-corrected chi connectivity index (χ3v) is 5.17. The van der Waals surface area contributed by atoms with Crippen LogP contribution in [0.3, 0.4) is 0 Å². The summed E-state index contributed by atoms with van der Waals surface area (Å²) < 4.78 is 34.7. The largest absolute Gasteiger partial charge is 0.397 e. The van der Waals surface area contributed by atoms with E-state index in [1.807, 2.05) is 0 Å². The van der Waals surface area contributed by atoms with Gasteiger partial charge in [-0.05, 0) is 20.3 Å². The van der Waals surface area contributed by atoms with Crippen LogP contribution >= 0.6 is 0 Å². The lowest BCUT2D eigenvalue weighted by Gasteiger charge is -2.21. The summed E-state index contributed by atoms with van der Waals surface area (Å²) in [6, 6.07) is 0. The Balaban J connectivity index is 3.48. The van der Waals surface area contributed by atoms with E-state index in [2.05, 4.69) is 11.1 Å². The summed E-state index contributed by atoms with van der Waals surface area (Å²) in [7, 11) is -4.53. The molecule has 1 N–H and O–H groups in total. The van der Waals surface area contributed by atoms with E-state index in [0.29, 0.717) is 6.42 Å². The summed E-state index contributed by atoms with van der Waals surface area (Å²) >= 11 is 0. The first-order chi connectivity index (χ1) is 12.2. The smallest absolute Gasteiger partial charge is 0.300 e. The van der Waals surface area contributed by atoms with Crippen molar-refractivity contribution in [2.45, 2.75) is 123 Å². The van der Waals surface area contributed by atoms with Crippen LogP contribution in [0, 0.1) is 0 Å². The van der Waals surface area contributed by atoms with Gasteiger partial charge in [-0.25, -0.2) is 4.18 Å². The average molecular weight is 393 g/mol. The molecule has 0 aromatic heterocycles. The monoisotopic (exact) mass is 392 g/mol. The number of carbonyl (C=O) groups excluding carboxylic acids is 1. The standard InChI is InChI=1S/C20H40O5S/c1-4-5-6-7-8-9-10-11-12-13-14-15-16-17-19(21)18-20(2,3)25-26(22,23)24/h4-18H2,1-3H3,(H,22,23,24).